The smallest absolute Gasteiger partial charge is 0.191 e. The largest absolute Gasteiger partial charge is 0.493 e. The number of para-hydroxylation sites is 1. The molecule has 0 saturated heterocycles. The number of aromatic nitrogens is 3. The molecule has 2 N–H and O–H groups in total. The van der Waals surface area contributed by atoms with E-state index in [1.54, 1.807) is 6.33 Å². The summed E-state index contributed by atoms with van der Waals surface area (Å²) in [6, 6.07) is 8.46. The summed E-state index contributed by atoms with van der Waals surface area (Å²) < 4.78 is 7.88. The van der Waals surface area contributed by atoms with Gasteiger partial charge in [-0.05, 0) is 12.5 Å². The van der Waals surface area contributed by atoms with Crippen molar-refractivity contribution in [2.45, 2.75) is 58.5 Å². The van der Waals surface area contributed by atoms with Crippen LogP contribution in [0.25, 0.3) is 0 Å². The van der Waals surface area contributed by atoms with E-state index in [9.17, 15) is 0 Å². The van der Waals surface area contributed by atoms with Crippen LogP contribution in [0.5, 0.6) is 5.75 Å². The first-order valence-corrected chi connectivity index (χ1v) is 10.4. The first-order valence-electron chi connectivity index (χ1n) is 10.4. The molecule has 1 aromatic heterocycles. The third kappa shape index (κ3) is 5.47. The van der Waals surface area contributed by atoms with Gasteiger partial charge >= 0.3 is 0 Å². The number of nitrogens with zero attached hydrogens (tertiary/aromatic N) is 4. The molecule has 0 spiro atoms. The number of rotatable bonds is 9. The van der Waals surface area contributed by atoms with E-state index in [-0.39, 0.29) is 6.04 Å². The maximum atomic E-state index is 5.79. The molecular weight excluding hydrogens is 352 g/mol. The molecule has 1 aromatic carbocycles. The lowest BCUT2D eigenvalue weighted by Gasteiger charge is -2.28. The second-order valence-corrected chi connectivity index (χ2v) is 7.03. The van der Waals surface area contributed by atoms with E-state index >= 15 is 0 Å². The minimum absolute atomic E-state index is 0.212. The van der Waals surface area contributed by atoms with Crippen molar-refractivity contribution in [3.05, 3.63) is 42.0 Å². The first-order chi connectivity index (χ1) is 13.8. The highest BCUT2D eigenvalue weighted by molar-refractivity contribution is 5.80. The molecule has 3 rings (SSSR count). The second kappa shape index (κ2) is 10.7. The van der Waals surface area contributed by atoms with Gasteiger partial charge in [-0.2, -0.15) is 0 Å². The minimum Gasteiger partial charge on any atom is -0.493 e. The maximum Gasteiger partial charge on any atom is 0.191 e. The fourth-order valence-corrected chi connectivity index (χ4v) is 3.40. The first kappa shape index (κ1) is 20.2. The molecule has 0 fully saturated rings. The van der Waals surface area contributed by atoms with Crippen LogP contribution in [0.3, 0.4) is 0 Å². The van der Waals surface area contributed by atoms with Gasteiger partial charge in [0.1, 0.15) is 17.9 Å². The normalized spacial score (nSPS) is 16.4. The van der Waals surface area contributed by atoms with Crippen LogP contribution in [0.1, 0.15) is 57.0 Å². The van der Waals surface area contributed by atoms with E-state index in [0.29, 0.717) is 0 Å². The molecule has 1 atom stereocenters. The number of nitrogens with one attached hydrogen (secondary N) is 2. The maximum absolute atomic E-state index is 5.79. The number of aryl methyl sites for hydroxylation is 1. The zero-order valence-corrected chi connectivity index (χ0v) is 17.0. The Morgan fingerprint density at radius 1 is 1.29 bits per heavy atom. The molecule has 0 amide bonds. The van der Waals surface area contributed by atoms with E-state index in [2.05, 4.69) is 51.4 Å². The molecule has 1 unspecified atom stereocenters. The van der Waals surface area contributed by atoms with Crippen molar-refractivity contribution in [3.63, 3.8) is 0 Å². The SMILES string of the molecule is CCCCCN=C(NCCn1cnnc1CC)NC1CCOc2ccccc21. The summed E-state index contributed by atoms with van der Waals surface area (Å²) in [7, 11) is 0. The molecule has 0 saturated carbocycles. The summed E-state index contributed by atoms with van der Waals surface area (Å²) in [6.45, 7) is 7.45. The number of fused-ring (bicyclic) bond motifs is 1. The van der Waals surface area contributed by atoms with E-state index in [1.807, 2.05) is 12.1 Å². The summed E-state index contributed by atoms with van der Waals surface area (Å²) in [5.74, 6) is 2.84. The van der Waals surface area contributed by atoms with Crippen LogP contribution in [0.2, 0.25) is 0 Å². The molecule has 2 aromatic rings. The van der Waals surface area contributed by atoms with Crippen LogP contribution in [-0.2, 0) is 13.0 Å². The van der Waals surface area contributed by atoms with Gasteiger partial charge < -0.3 is 19.9 Å². The Labute approximate surface area is 167 Å². The lowest BCUT2D eigenvalue weighted by molar-refractivity contribution is 0.261. The molecule has 0 radical (unpaired) electrons. The highest BCUT2D eigenvalue weighted by Gasteiger charge is 2.21. The van der Waals surface area contributed by atoms with Crippen molar-refractivity contribution in [2.75, 3.05) is 19.7 Å². The summed E-state index contributed by atoms with van der Waals surface area (Å²) in [6.07, 6.45) is 7.12. The third-order valence-electron chi connectivity index (χ3n) is 4.96. The Bertz CT molecular complexity index is 757. The Morgan fingerprint density at radius 2 is 2.18 bits per heavy atom. The van der Waals surface area contributed by atoms with Crippen LogP contribution >= 0.6 is 0 Å². The van der Waals surface area contributed by atoms with Crippen molar-refractivity contribution < 1.29 is 4.74 Å². The molecule has 1 aliphatic heterocycles. The summed E-state index contributed by atoms with van der Waals surface area (Å²) >= 11 is 0. The highest BCUT2D eigenvalue weighted by Crippen LogP contribution is 2.31. The Morgan fingerprint density at radius 3 is 3.04 bits per heavy atom. The van der Waals surface area contributed by atoms with Gasteiger partial charge in [0.05, 0.1) is 12.6 Å². The quantitative estimate of drug-likeness (QED) is 0.395. The Kier molecular flexibility index (Phi) is 7.70. The standard InChI is InChI=1S/C21H32N6O/c1-3-5-8-12-22-21(23-13-14-27-16-24-26-20(27)4-2)25-18-11-15-28-19-10-7-6-9-17(18)19/h6-7,9-10,16,18H,3-5,8,11-15H2,1-2H3,(H2,22,23,25). The number of benzene rings is 1. The van der Waals surface area contributed by atoms with Crippen LogP contribution in [-0.4, -0.2) is 40.4 Å². The second-order valence-electron chi connectivity index (χ2n) is 7.03. The van der Waals surface area contributed by atoms with E-state index in [4.69, 9.17) is 9.73 Å². The summed E-state index contributed by atoms with van der Waals surface area (Å²) in [5.41, 5.74) is 1.20. The summed E-state index contributed by atoms with van der Waals surface area (Å²) in [5, 5.41) is 15.3. The molecule has 7 nitrogen and oxygen atoms in total. The van der Waals surface area contributed by atoms with Crippen LogP contribution in [0, 0.1) is 0 Å². The van der Waals surface area contributed by atoms with Crippen molar-refractivity contribution in [1.82, 2.24) is 25.4 Å². The predicted molar refractivity (Wildman–Crippen MR) is 112 cm³/mol. The lowest BCUT2D eigenvalue weighted by atomic mass is 10.0. The lowest BCUT2D eigenvalue weighted by Crippen LogP contribution is -2.42. The number of hydrogen-bond acceptors (Lipinski definition) is 4. The van der Waals surface area contributed by atoms with Crippen molar-refractivity contribution in [2.24, 2.45) is 4.99 Å². The minimum atomic E-state index is 0.212. The third-order valence-corrected chi connectivity index (χ3v) is 4.96. The van der Waals surface area contributed by atoms with Crippen LogP contribution < -0.4 is 15.4 Å². The van der Waals surface area contributed by atoms with Gasteiger partial charge in [-0.15, -0.1) is 10.2 Å². The van der Waals surface area contributed by atoms with Crippen LogP contribution in [0.15, 0.2) is 35.6 Å². The molecular formula is C21H32N6O. The van der Waals surface area contributed by atoms with Gasteiger partial charge in [0, 0.05) is 38.0 Å². The van der Waals surface area contributed by atoms with E-state index in [1.165, 1.54) is 18.4 Å². The number of guanidine groups is 1. The molecule has 152 valence electrons. The summed E-state index contributed by atoms with van der Waals surface area (Å²) in [4.78, 5) is 4.80. The van der Waals surface area contributed by atoms with Crippen LogP contribution in [0.4, 0.5) is 0 Å². The number of aliphatic imine (C=N–C) groups is 1. The molecule has 7 heteroatoms. The average molecular weight is 385 g/mol. The van der Waals surface area contributed by atoms with Gasteiger partial charge in [-0.1, -0.05) is 44.9 Å². The highest BCUT2D eigenvalue weighted by atomic mass is 16.5. The van der Waals surface area contributed by atoms with Gasteiger partial charge in [-0.3, -0.25) is 4.99 Å². The van der Waals surface area contributed by atoms with Crippen molar-refractivity contribution in [3.8, 4) is 5.75 Å². The Hall–Kier alpha value is -2.57. The van der Waals surface area contributed by atoms with E-state index in [0.717, 1.165) is 63.0 Å². The van der Waals surface area contributed by atoms with E-state index < -0.39 is 0 Å². The van der Waals surface area contributed by atoms with Crippen molar-refractivity contribution >= 4 is 5.96 Å². The molecule has 1 aliphatic rings. The monoisotopic (exact) mass is 384 g/mol. The fourth-order valence-electron chi connectivity index (χ4n) is 3.40. The molecule has 28 heavy (non-hydrogen) atoms. The number of unbranched alkanes of at least 4 members (excludes halogenated alkanes) is 2. The number of ether oxygens (including phenoxy) is 1. The van der Waals surface area contributed by atoms with Gasteiger partial charge in [0.2, 0.25) is 0 Å². The fraction of sp³-hybridized carbons (Fsp3) is 0.571. The average Bonchev–Trinajstić information content (AvgIpc) is 3.19. The van der Waals surface area contributed by atoms with Gasteiger partial charge in [0.15, 0.2) is 5.96 Å². The molecule has 0 bridgehead atoms. The zero-order valence-electron chi connectivity index (χ0n) is 17.0. The molecule has 2 heterocycles. The van der Waals surface area contributed by atoms with Gasteiger partial charge in [-0.25, -0.2) is 0 Å². The predicted octanol–water partition coefficient (Wildman–Crippen LogP) is 3.09. The number of hydrogen-bond donors (Lipinski definition) is 2. The van der Waals surface area contributed by atoms with Gasteiger partial charge in [0.25, 0.3) is 0 Å². The zero-order chi connectivity index (χ0) is 19.6. The Balaban J connectivity index is 1.62. The molecule has 0 aliphatic carbocycles. The van der Waals surface area contributed by atoms with Crippen molar-refractivity contribution in [1.29, 1.82) is 0 Å². The topological polar surface area (TPSA) is 76.4 Å².